The predicted octanol–water partition coefficient (Wildman–Crippen LogP) is 2.15. The quantitative estimate of drug-likeness (QED) is 0.730. The zero-order chi connectivity index (χ0) is 19.5. The molecule has 0 radical (unpaired) electrons. The van der Waals surface area contributed by atoms with Crippen molar-refractivity contribution in [2.75, 3.05) is 36.5 Å². The molecule has 1 N–H and O–H groups in total. The zero-order valence-electron chi connectivity index (χ0n) is 16.2. The highest BCUT2D eigenvalue weighted by atomic mass is 16.5. The Hall–Kier alpha value is -3.00. The van der Waals surface area contributed by atoms with E-state index in [9.17, 15) is 4.79 Å². The van der Waals surface area contributed by atoms with Crippen LogP contribution < -0.4 is 10.2 Å². The minimum Gasteiger partial charge on any atom is -0.378 e. The summed E-state index contributed by atoms with van der Waals surface area (Å²) in [5, 5.41) is 7.28. The second-order valence-electron chi connectivity index (χ2n) is 6.90. The van der Waals surface area contributed by atoms with E-state index in [0.29, 0.717) is 31.8 Å². The van der Waals surface area contributed by atoms with Crippen LogP contribution in [-0.4, -0.2) is 51.8 Å². The van der Waals surface area contributed by atoms with Gasteiger partial charge in [-0.15, -0.1) is 0 Å². The van der Waals surface area contributed by atoms with E-state index in [4.69, 9.17) is 4.74 Å². The Morgan fingerprint density at radius 1 is 1.21 bits per heavy atom. The van der Waals surface area contributed by atoms with E-state index >= 15 is 0 Å². The molecule has 8 nitrogen and oxygen atoms in total. The fourth-order valence-electron chi connectivity index (χ4n) is 3.63. The lowest BCUT2D eigenvalue weighted by molar-refractivity contribution is -0.116. The van der Waals surface area contributed by atoms with E-state index in [1.54, 1.807) is 4.52 Å². The molecule has 0 spiro atoms. The van der Waals surface area contributed by atoms with Crippen molar-refractivity contribution in [3.8, 4) is 0 Å². The molecule has 0 bridgehead atoms. The van der Waals surface area contributed by atoms with Crippen LogP contribution in [0.4, 0.5) is 11.4 Å². The maximum atomic E-state index is 12.6. The molecule has 2 aromatic heterocycles. The van der Waals surface area contributed by atoms with Crippen molar-refractivity contribution >= 4 is 23.1 Å². The summed E-state index contributed by atoms with van der Waals surface area (Å²) < 4.78 is 7.15. The number of hydrogen-bond acceptors (Lipinski definition) is 6. The first kappa shape index (κ1) is 18.4. The first-order valence-corrected chi connectivity index (χ1v) is 9.51. The Bertz CT molecular complexity index is 994. The molecule has 0 atom stereocenters. The highest BCUT2D eigenvalue weighted by molar-refractivity contribution is 5.94. The third kappa shape index (κ3) is 3.68. The number of amides is 1. The van der Waals surface area contributed by atoms with Crippen LogP contribution in [0.5, 0.6) is 0 Å². The molecule has 1 amide bonds. The monoisotopic (exact) mass is 380 g/mol. The largest absolute Gasteiger partial charge is 0.378 e. The minimum atomic E-state index is -0.0156. The fourth-order valence-corrected chi connectivity index (χ4v) is 3.63. The van der Waals surface area contributed by atoms with Crippen LogP contribution in [0.3, 0.4) is 0 Å². The molecular formula is C20H24N6O2. The van der Waals surface area contributed by atoms with Gasteiger partial charge in [-0.05, 0) is 38.0 Å². The number of nitrogens with one attached hydrogen (secondary N) is 1. The van der Waals surface area contributed by atoms with Gasteiger partial charge in [-0.1, -0.05) is 12.1 Å². The zero-order valence-corrected chi connectivity index (χ0v) is 16.2. The van der Waals surface area contributed by atoms with Crippen LogP contribution >= 0.6 is 0 Å². The summed E-state index contributed by atoms with van der Waals surface area (Å²) in [6.07, 6.45) is 2.47. The number of rotatable bonds is 5. The van der Waals surface area contributed by atoms with Crippen LogP contribution in [0.2, 0.25) is 0 Å². The molecule has 0 unspecified atom stereocenters. The van der Waals surface area contributed by atoms with E-state index in [-0.39, 0.29) is 5.91 Å². The predicted molar refractivity (Wildman–Crippen MR) is 107 cm³/mol. The molecule has 8 heteroatoms. The van der Waals surface area contributed by atoms with Crippen molar-refractivity contribution in [2.24, 2.45) is 0 Å². The van der Waals surface area contributed by atoms with Crippen LogP contribution in [0.1, 0.15) is 23.4 Å². The fraction of sp³-hybridized carbons (Fsp3) is 0.400. The van der Waals surface area contributed by atoms with Crippen LogP contribution in [0, 0.1) is 13.8 Å². The SMILES string of the molecule is Cc1nc2ncnn2c(C)c1CCC(=O)Nc1ccccc1N1CCOCC1. The van der Waals surface area contributed by atoms with E-state index in [2.05, 4.69) is 25.3 Å². The topological polar surface area (TPSA) is 84.6 Å². The Balaban J connectivity index is 1.46. The van der Waals surface area contributed by atoms with Crippen LogP contribution in [0.15, 0.2) is 30.6 Å². The Labute approximate surface area is 163 Å². The lowest BCUT2D eigenvalue weighted by Crippen LogP contribution is -2.36. The number of ether oxygens (including phenoxy) is 1. The Kier molecular flexibility index (Phi) is 5.21. The van der Waals surface area contributed by atoms with Crippen LogP contribution in [-0.2, 0) is 16.0 Å². The van der Waals surface area contributed by atoms with Gasteiger partial charge >= 0.3 is 0 Å². The first-order valence-electron chi connectivity index (χ1n) is 9.51. The average Bonchev–Trinajstić information content (AvgIpc) is 3.17. The summed E-state index contributed by atoms with van der Waals surface area (Å²) in [6, 6.07) is 7.92. The lowest BCUT2D eigenvalue weighted by atomic mass is 10.1. The highest BCUT2D eigenvalue weighted by Crippen LogP contribution is 2.26. The Morgan fingerprint density at radius 2 is 2.00 bits per heavy atom. The number of anilines is 2. The van der Waals surface area contributed by atoms with Gasteiger partial charge in [0.2, 0.25) is 5.91 Å². The molecule has 1 fully saturated rings. The van der Waals surface area contributed by atoms with Crippen molar-refractivity contribution in [2.45, 2.75) is 26.7 Å². The van der Waals surface area contributed by atoms with Gasteiger partial charge < -0.3 is 15.0 Å². The molecule has 1 aliphatic rings. The lowest BCUT2D eigenvalue weighted by Gasteiger charge is -2.30. The highest BCUT2D eigenvalue weighted by Gasteiger charge is 2.17. The van der Waals surface area contributed by atoms with Gasteiger partial charge in [0.15, 0.2) is 0 Å². The van der Waals surface area contributed by atoms with Crippen molar-refractivity contribution in [1.29, 1.82) is 0 Å². The van der Waals surface area contributed by atoms with Crippen molar-refractivity contribution < 1.29 is 9.53 Å². The van der Waals surface area contributed by atoms with E-state index < -0.39 is 0 Å². The second kappa shape index (κ2) is 7.93. The summed E-state index contributed by atoms with van der Waals surface area (Å²) in [6.45, 7) is 7.00. The normalized spacial score (nSPS) is 14.4. The van der Waals surface area contributed by atoms with Crippen molar-refractivity contribution in [3.05, 3.63) is 47.5 Å². The summed E-state index contributed by atoms with van der Waals surface area (Å²) in [7, 11) is 0. The maximum absolute atomic E-state index is 12.6. The molecule has 1 aromatic carbocycles. The number of aryl methyl sites for hydroxylation is 2. The molecule has 0 saturated carbocycles. The molecule has 1 saturated heterocycles. The maximum Gasteiger partial charge on any atom is 0.252 e. The van der Waals surface area contributed by atoms with Gasteiger partial charge in [0.1, 0.15) is 6.33 Å². The molecule has 3 heterocycles. The summed E-state index contributed by atoms with van der Waals surface area (Å²) in [5.41, 5.74) is 4.78. The number of fused-ring (bicyclic) bond motifs is 1. The number of hydrogen-bond donors (Lipinski definition) is 1. The number of para-hydroxylation sites is 2. The number of carbonyl (C=O) groups excluding carboxylic acids is 1. The first-order chi connectivity index (χ1) is 13.6. The van der Waals surface area contributed by atoms with Gasteiger partial charge in [0.05, 0.1) is 24.6 Å². The number of aromatic nitrogens is 4. The third-order valence-electron chi connectivity index (χ3n) is 5.12. The number of carbonyl (C=O) groups is 1. The van der Waals surface area contributed by atoms with Crippen molar-refractivity contribution in [1.82, 2.24) is 19.6 Å². The summed E-state index contributed by atoms with van der Waals surface area (Å²) in [4.78, 5) is 23.5. The Morgan fingerprint density at radius 3 is 2.82 bits per heavy atom. The van der Waals surface area contributed by atoms with Gasteiger partial charge in [0.25, 0.3) is 5.78 Å². The van der Waals surface area contributed by atoms with Crippen LogP contribution in [0.25, 0.3) is 5.78 Å². The van der Waals surface area contributed by atoms with E-state index in [1.807, 2.05) is 38.1 Å². The van der Waals surface area contributed by atoms with Gasteiger partial charge in [-0.3, -0.25) is 4.79 Å². The van der Waals surface area contributed by atoms with E-state index in [0.717, 1.165) is 41.4 Å². The molecule has 28 heavy (non-hydrogen) atoms. The summed E-state index contributed by atoms with van der Waals surface area (Å²) >= 11 is 0. The standard InChI is InChI=1S/C20H24N6O2/c1-14-16(15(2)26-20(23-14)21-13-22-26)7-8-19(27)24-17-5-3-4-6-18(17)25-9-11-28-12-10-25/h3-6,13H,7-12H2,1-2H3,(H,24,27). The summed E-state index contributed by atoms with van der Waals surface area (Å²) in [5.74, 6) is 0.570. The molecule has 0 aliphatic carbocycles. The third-order valence-corrected chi connectivity index (χ3v) is 5.12. The van der Waals surface area contributed by atoms with Crippen molar-refractivity contribution in [3.63, 3.8) is 0 Å². The number of nitrogens with zero attached hydrogens (tertiary/aromatic N) is 5. The molecule has 4 rings (SSSR count). The van der Waals surface area contributed by atoms with Gasteiger partial charge in [-0.25, -0.2) is 9.50 Å². The van der Waals surface area contributed by atoms with Gasteiger partial charge in [0, 0.05) is 30.9 Å². The molecule has 3 aromatic rings. The smallest absolute Gasteiger partial charge is 0.252 e. The van der Waals surface area contributed by atoms with Gasteiger partial charge in [-0.2, -0.15) is 10.1 Å². The molecular weight excluding hydrogens is 356 g/mol. The van der Waals surface area contributed by atoms with E-state index in [1.165, 1.54) is 6.33 Å². The second-order valence-corrected chi connectivity index (χ2v) is 6.90. The minimum absolute atomic E-state index is 0.0156. The average molecular weight is 380 g/mol. The molecule has 1 aliphatic heterocycles. The molecule has 146 valence electrons. The number of morpholine rings is 1. The number of benzene rings is 1.